The van der Waals surface area contributed by atoms with E-state index in [9.17, 15) is 0 Å². The molecule has 0 saturated heterocycles. The highest BCUT2D eigenvalue weighted by molar-refractivity contribution is 6.13. The van der Waals surface area contributed by atoms with Gasteiger partial charge < -0.3 is 9.13 Å². The summed E-state index contributed by atoms with van der Waals surface area (Å²) in [6.45, 7) is 0. The Morgan fingerprint density at radius 3 is 1.48 bits per heavy atom. The van der Waals surface area contributed by atoms with Crippen LogP contribution in [0.1, 0.15) is 11.1 Å². The van der Waals surface area contributed by atoms with Crippen molar-refractivity contribution >= 4 is 73.0 Å². The third-order valence-electron chi connectivity index (χ3n) is 12.9. The van der Waals surface area contributed by atoms with Gasteiger partial charge in [0.15, 0.2) is 5.82 Å². The second kappa shape index (κ2) is 14.9. The van der Waals surface area contributed by atoms with E-state index in [1.54, 1.807) is 0 Å². The number of nitrogens with zero attached hydrogens (tertiary/aromatic N) is 5. The molecule has 0 spiro atoms. The first kappa shape index (κ1) is 36.8. The van der Waals surface area contributed by atoms with E-state index >= 15 is 0 Å². The van der Waals surface area contributed by atoms with Crippen LogP contribution in [0.4, 0.5) is 17.2 Å². The van der Waals surface area contributed by atoms with E-state index in [0.29, 0.717) is 5.82 Å². The van der Waals surface area contributed by atoms with Crippen LogP contribution < -0.4 is 4.90 Å². The summed E-state index contributed by atoms with van der Waals surface area (Å²) in [4.78, 5) is 13.0. The molecule has 0 amide bonds. The zero-order valence-electron chi connectivity index (χ0n) is 35.3. The number of aromatic nitrogens is 4. The molecule has 1 aliphatic rings. The van der Waals surface area contributed by atoms with Gasteiger partial charge in [-0.15, -0.1) is 0 Å². The Labute approximate surface area is 376 Å². The van der Waals surface area contributed by atoms with E-state index in [-0.39, 0.29) is 0 Å². The highest BCUT2D eigenvalue weighted by Crippen LogP contribution is 2.47. The van der Waals surface area contributed by atoms with Gasteiger partial charge in [0.1, 0.15) is 5.82 Å². The lowest BCUT2D eigenvalue weighted by molar-refractivity contribution is 1.12. The van der Waals surface area contributed by atoms with Crippen LogP contribution in [-0.4, -0.2) is 19.1 Å². The molecule has 5 heteroatoms. The minimum Gasteiger partial charge on any atom is -0.309 e. The van der Waals surface area contributed by atoms with Crippen LogP contribution in [0.2, 0.25) is 0 Å². The number of para-hydroxylation sites is 4. The summed E-state index contributed by atoms with van der Waals surface area (Å²) in [5.41, 5.74) is 16.4. The van der Waals surface area contributed by atoms with Crippen LogP contribution in [0.3, 0.4) is 0 Å². The molecule has 5 nitrogen and oxygen atoms in total. The van der Waals surface area contributed by atoms with Crippen molar-refractivity contribution < 1.29 is 0 Å². The normalized spacial score (nSPS) is 12.2. The Morgan fingerprint density at radius 2 is 0.815 bits per heavy atom. The lowest BCUT2D eigenvalue weighted by atomic mass is 9.99. The van der Waals surface area contributed by atoms with Gasteiger partial charge in [-0.2, -0.15) is 0 Å². The first-order chi connectivity index (χ1) is 32.2. The molecule has 4 heterocycles. The van der Waals surface area contributed by atoms with E-state index in [0.717, 1.165) is 78.7 Å². The van der Waals surface area contributed by atoms with Crippen molar-refractivity contribution in [1.82, 2.24) is 19.1 Å². The van der Waals surface area contributed by atoms with E-state index in [1.165, 1.54) is 32.6 Å². The Kier molecular flexibility index (Phi) is 8.46. The zero-order chi connectivity index (χ0) is 42.8. The quantitative estimate of drug-likeness (QED) is 0.168. The number of anilines is 3. The second-order valence-electron chi connectivity index (χ2n) is 16.6. The van der Waals surface area contributed by atoms with Gasteiger partial charge in [-0.3, -0.25) is 4.90 Å². The number of hydrogen-bond donors (Lipinski definition) is 0. The topological polar surface area (TPSA) is 38.9 Å². The maximum absolute atomic E-state index is 5.44. The highest BCUT2D eigenvalue weighted by atomic mass is 15.2. The second-order valence-corrected chi connectivity index (χ2v) is 16.6. The SMILES string of the molecule is C1=Cc2cc3c(cc2N(c2cc(-c4ccccc4)nc(-c4ccccc4)n2)c2ccc(-c4ccc5c(c4)c4ccccc4n5-c4ccccc4)cc21)c1ccccc1n3-c1ccccc1. The van der Waals surface area contributed by atoms with Crippen molar-refractivity contribution in [2.24, 2.45) is 0 Å². The highest BCUT2D eigenvalue weighted by Gasteiger charge is 2.26. The van der Waals surface area contributed by atoms with Crippen LogP contribution in [0, 0.1) is 0 Å². The van der Waals surface area contributed by atoms with Gasteiger partial charge in [0.25, 0.3) is 0 Å². The van der Waals surface area contributed by atoms with E-state index in [4.69, 9.17) is 9.97 Å². The largest absolute Gasteiger partial charge is 0.309 e. The van der Waals surface area contributed by atoms with E-state index in [2.05, 4.69) is 226 Å². The fourth-order valence-corrected chi connectivity index (χ4v) is 9.86. The minimum atomic E-state index is 0.670. The predicted octanol–water partition coefficient (Wildman–Crippen LogP) is 15.6. The van der Waals surface area contributed by atoms with Crippen molar-refractivity contribution in [2.45, 2.75) is 0 Å². The van der Waals surface area contributed by atoms with Gasteiger partial charge in [-0.25, -0.2) is 9.97 Å². The van der Waals surface area contributed by atoms with Crippen LogP contribution in [0.25, 0.3) is 101 Å². The van der Waals surface area contributed by atoms with Crippen LogP contribution in [0.5, 0.6) is 0 Å². The predicted molar refractivity (Wildman–Crippen MR) is 271 cm³/mol. The van der Waals surface area contributed by atoms with Crippen molar-refractivity contribution in [3.8, 4) is 45.1 Å². The van der Waals surface area contributed by atoms with Crippen LogP contribution in [0.15, 0.2) is 224 Å². The number of rotatable bonds is 6. The zero-order valence-corrected chi connectivity index (χ0v) is 35.3. The van der Waals surface area contributed by atoms with Gasteiger partial charge in [-0.1, -0.05) is 158 Å². The molecule has 12 aromatic rings. The third kappa shape index (κ3) is 6.09. The average Bonchev–Trinajstić information content (AvgIpc) is 3.82. The summed E-state index contributed by atoms with van der Waals surface area (Å²) < 4.78 is 4.75. The van der Waals surface area contributed by atoms with Crippen molar-refractivity contribution in [3.63, 3.8) is 0 Å². The maximum atomic E-state index is 5.44. The third-order valence-corrected chi connectivity index (χ3v) is 12.9. The summed E-state index contributed by atoms with van der Waals surface area (Å²) in [5.74, 6) is 1.46. The summed E-state index contributed by atoms with van der Waals surface area (Å²) >= 11 is 0. The van der Waals surface area contributed by atoms with Crippen molar-refractivity contribution in [3.05, 3.63) is 236 Å². The number of benzene rings is 9. The average molecular weight is 830 g/mol. The molecule has 0 atom stereocenters. The molecule has 1 aliphatic heterocycles. The molecule has 0 fully saturated rings. The molecular weight excluding hydrogens is 791 g/mol. The van der Waals surface area contributed by atoms with Crippen molar-refractivity contribution in [2.75, 3.05) is 4.90 Å². The Morgan fingerprint density at radius 1 is 0.308 bits per heavy atom. The fourth-order valence-electron chi connectivity index (χ4n) is 9.86. The first-order valence-electron chi connectivity index (χ1n) is 22.1. The maximum Gasteiger partial charge on any atom is 0.162 e. The monoisotopic (exact) mass is 829 g/mol. The van der Waals surface area contributed by atoms with Crippen molar-refractivity contribution in [1.29, 1.82) is 0 Å². The fraction of sp³-hybridized carbons (Fsp3) is 0. The van der Waals surface area contributed by atoms with Gasteiger partial charge in [0.05, 0.1) is 39.1 Å². The molecule has 0 saturated carbocycles. The number of fused-ring (bicyclic) bond motifs is 8. The molecule has 0 unspecified atom stereocenters. The van der Waals surface area contributed by atoms with Crippen LogP contribution in [-0.2, 0) is 0 Å². The molecule has 0 bridgehead atoms. The standard InChI is InChI=1S/C60H39N5/c1-5-17-40(18-6-1)52-39-59(62-60(61-52)41-19-7-2-8-20-41)65-53-33-31-42(43-32-34-56-50(36-43)48-25-13-15-27-54(48)63(56)46-21-9-3-10-22-46)35-44(53)29-30-45-37-58-51(38-57(45)65)49-26-14-16-28-55(49)64(58)47-23-11-4-12-24-47/h1-39H. The van der Waals surface area contributed by atoms with Gasteiger partial charge in [-0.05, 0) is 89.5 Å². The molecule has 3 aromatic heterocycles. The molecule has 65 heavy (non-hydrogen) atoms. The van der Waals surface area contributed by atoms with Crippen LogP contribution >= 0.6 is 0 Å². The summed E-state index contributed by atoms with van der Waals surface area (Å²) in [7, 11) is 0. The molecule has 0 N–H and O–H groups in total. The Hall–Kier alpha value is -8.80. The van der Waals surface area contributed by atoms with Gasteiger partial charge in [0.2, 0.25) is 0 Å². The van der Waals surface area contributed by atoms with E-state index < -0.39 is 0 Å². The first-order valence-corrected chi connectivity index (χ1v) is 22.1. The summed E-state index contributed by atoms with van der Waals surface area (Å²) in [6, 6.07) is 80.1. The lowest BCUT2D eigenvalue weighted by Gasteiger charge is -2.27. The Bertz CT molecular complexity index is 3750. The molecular formula is C60H39N5. The van der Waals surface area contributed by atoms with Gasteiger partial charge >= 0.3 is 0 Å². The van der Waals surface area contributed by atoms with E-state index in [1.807, 2.05) is 24.3 Å². The lowest BCUT2D eigenvalue weighted by Crippen LogP contribution is -2.14. The molecule has 0 radical (unpaired) electrons. The van der Waals surface area contributed by atoms with Gasteiger partial charge in [0, 0.05) is 55.7 Å². The number of hydrogen-bond acceptors (Lipinski definition) is 3. The summed E-state index contributed by atoms with van der Waals surface area (Å²) in [5, 5.41) is 4.82. The molecule has 304 valence electrons. The Balaban J connectivity index is 1.05. The summed E-state index contributed by atoms with van der Waals surface area (Å²) in [6.07, 6.45) is 4.55. The molecule has 9 aromatic carbocycles. The minimum absolute atomic E-state index is 0.670. The smallest absolute Gasteiger partial charge is 0.162 e. The molecule has 13 rings (SSSR count). The molecule has 0 aliphatic carbocycles.